The first-order valence-corrected chi connectivity index (χ1v) is 10.7. The molecule has 1 saturated heterocycles. The van der Waals surface area contributed by atoms with Crippen LogP contribution in [-0.4, -0.2) is 50.6 Å². The summed E-state index contributed by atoms with van der Waals surface area (Å²) < 4.78 is 38.0. The fraction of sp³-hybridized carbons (Fsp3) is 0.368. The summed E-state index contributed by atoms with van der Waals surface area (Å²) in [6.45, 7) is 3.64. The van der Waals surface area contributed by atoms with Crippen LogP contribution in [0.4, 0.5) is 0 Å². The molecule has 1 fully saturated rings. The smallest absolute Gasteiger partial charge is 0.243 e. The van der Waals surface area contributed by atoms with Gasteiger partial charge in [0, 0.05) is 48.9 Å². The highest BCUT2D eigenvalue weighted by atomic mass is 35.5. The Labute approximate surface area is 164 Å². The van der Waals surface area contributed by atoms with Crippen molar-refractivity contribution in [2.75, 3.05) is 33.0 Å². The van der Waals surface area contributed by atoms with Crippen LogP contribution in [0, 0.1) is 0 Å². The predicted octanol–water partition coefficient (Wildman–Crippen LogP) is 2.71. The van der Waals surface area contributed by atoms with Crippen LogP contribution >= 0.6 is 11.6 Å². The molecule has 0 bridgehead atoms. The minimum Gasteiger partial charge on any atom is -0.467 e. The molecule has 2 aliphatic heterocycles. The average Bonchev–Trinajstić information content (AvgIpc) is 2.69. The second kappa shape index (κ2) is 7.77. The number of piperazine rings is 1. The Morgan fingerprint density at radius 3 is 2.52 bits per heavy atom. The van der Waals surface area contributed by atoms with Crippen LogP contribution in [0.15, 0.2) is 47.4 Å². The van der Waals surface area contributed by atoms with Crippen molar-refractivity contribution in [3.8, 4) is 5.75 Å². The van der Waals surface area contributed by atoms with Gasteiger partial charge < -0.3 is 9.47 Å². The highest BCUT2D eigenvalue weighted by molar-refractivity contribution is 7.89. The van der Waals surface area contributed by atoms with Crippen LogP contribution in [0.1, 0.15) is 11.1 Å². The maximum absolute atomic E-state index is 12.7. The van der Waals surface area contributed by atoms with Crippen LogP contribution in [0.5, 0.6) is 5.75 Å². The predicted molar refractivity (Wildman–Crippen MR) is 102 cm³/mol. The zero-order valence-electron chi connectivity index (χ0n) is 14.8. The van der Waals surface area contributed by atoms with Crippen molar-refractivity contribution in [2.45, 2.75) is 18.0 Å². The number of rotatable bonds is 4. The fourth-order valence-corrected chi connectivity index (χ4v) is 5.19. The van der Waals surface area contributed by atoms with E-state index in [-0.39, 0.29) is 6.79 Å². The SMILES string of the molecule is O=S(=O)(c1ccccc1)N1CCN(Cc2cc(Cl)cc3c2OCOC3)CC1. The molecule has 0 unspecified atom stereocenters. The van der Waals surface area contributed by atoms with Crippen LogP contribution in [0.25, 0.3) is 0 Å². The van der Waals surface area contributed by atoms with Crippen LogP contribution in [-0.2, 0) is 27.9 Å². The first kappa shape index (κ1) is 18.7. The van der Waals surface area contributed by atoms with Crippen molar-refractivity contribution in [2.24, 2.45) is 0 Å². The zero-order chi connectivity index (χ0) is 18.9. The summed E-state index contributed by atoms with van der Waals surface area (Å²) in [5, 5.41) is 0.656. The molecule has 2 heterocycles. The summed E-state index contributed by atoms with van der Waals surface area (Å²) in [4.78, 5) is 2.57. The number of benzene rings is 2. The molecule has 27 heavy (non-hydrogen) atoms. The van der Waals surface area contributed by atoms with E-state index in [1.165, 1.54) is 0 Å². The van der Waals surface area contributed by atoms with E-state index in [9.17, 15) is 8.42 Å². The second-order valence-corrected chi connectivity index (χ2v) is 9.03. The molecule has 4 rings (SSSR count). The van der Waals surface area contributed by atoms with E-state index in [1.54, 1.807) is 28.6 Å². The second-order valence-electron chi connectivity index (χ2n) is 6.66. The summed E-state index contributed by atoms with van der Waals surface area (Å²) in [6, 6.07) is 12.4. The van der Waals surface area contributed by atoms with Gasteiger partial charge in [0.1, 0.15) is 5.75 Å². The minimum atomic E-state index is -3.44. The van der Waals surface area contributed by atoms with Crippen molar-refractivity contribution < 1.29 is 17.9 Å². The molecule has 0 spiro atoms. The molecule has 0 aromatic heterocycles. The molecule has 144 valence electrons. The van der Waals surface area contributed by atoms with Gasteiger partial charge in [-0.25, -0.2) is 8.42 Å². The molecular weight excluding hydrogens is 388 g/mol. The minimum absolute atomic E-state index is 0.241. The molecule has 6 nitrogen and oxygen atoms in total. The van der Waals surface area contributed by atoms with Gasteiger partial charge in [-0.15, -0.1) is 0 Å². The molecule has 0 radical (unpaired) electrons. The average molecular weight is 409 g/mol. The highest BCUT2D eigenvalue weighted by Gasteiger charge is 2.29. The van der Waals surface area contributed by atoms with E-state index in [1.807, 2.05) is 18.2 Å². The van der Waals surface area contributed by atoms with Gasteiger partial charge in [-0.2, -0.15) is 4.31 Å². The summed E-state index contributed by atoms with van der Waals surface area (Å²) in [5.41, 5.74) is 1.97. The third-order valence-electron chi connectivity index (χ3n) is 4.86. The Balaban J connectivity index is 1.44. The van der Waals surface area contributed by atoms with E-state index in [0.717, 1.165) is 16.9 Å². The van der Waals surface area contributed by atoms with Gasteiger partial charge in [-0.1, -0.05) is 29.8 Å². The molecule has 0 amide bonds. The number of fused-ring (bicyclic) bond motifs is 1. The van der Waals surface area contributed by atoms with E-state index in [0.29, 0.717) is 49.2 Å². The third kappa shape index (κ3) is 3.97. The lowest BCUT2D eigenvalue weighted by molar-refractivity contribution is -0.0175. The lowest BCUT2D eigenvalue weighted by Gasteiger charge is -2.34. The number of halogens is 1. The van der Waals surface area contributed by atoms with Gasteiger partial charge in [-0.05, 0) is 24.3 Å². The van der Waals surface area contributed by atoms with E-state index in [2.05, 4.69) is 4.90 Å². The first-order valence-electron chi connectivity index (χ1n) is 8.83. The van der Waals surface area contributed by atoms with Crippen molar-refractivity contribution in [1.82, 2.24) is 9.21 Å². The van der Waals surface area contributed by atoms with Crippen molar-refractivity contribution in [3.63, 3.8) is 0 Å². The molecule has 8 heteroatoms. The summed E-state index contributed by atoms with van der Waals surface area (Å²) >= 11 is 6.23. The van der Waals surface area contributed by atoms with Crippen LogP contribution < -0.4 is 4.74 Å². The van der Waals surface area contributed by atoms with Gasteiger partial charge in [0.2, 0.25) is 10.0 Å². The molecule has 0 N–H and O–H groups in total. The highest BCUT2D eigenvalue weighted by Crippen LogP contribution is 2.32. The lowest BCUT2D eigenvalue weighted by Crippen LogP contribution is -2.48. The summed E-state index contributed by atoms with van der Waals surface area (Å²) in [5.74, 6) is 0.838. The van der Waals surface area contributed by atoms with Gasteiger partial charge in [0.25, 0.3) is 0 Å². The van der Waals surface area contributed by atoms with Crippen LogP contribution in [0.2, 0.25) is 5.02 Å². The van der Waals surface area contributed by atoms with Gasteiger partial charge in [0.15, 0.2) is 6.79 Å². The normalized spacial score (nSPS) is 18.7. The summed E-state index contributed by atoms with van der Waals surface area (Å²) in [7, 11) is -3.44. The molecule has 0 atom stereocenters. The standard InChI is InChI=1S/C19H21ClN2O4S/c20-17-10-15(19-16(11-17)13-25-14-26-19)12-21-6-8-22(9-7-21)27(23,24)18-4-2-1-3-5-18/h1-5,10-11H,6-9,12-14H2. The number of hydrogen-bond acceptors (Lipinski definition) is 5. The Morgan fingerprint density at radius 2 is 1.78 bits per heavy atom. The third-order valence-corrected chi connectivity index (χ3v) is 6.99. The largest absolute Gasteiger partial charge is 0.467 e. The van der Waals surface area contributed by atoms with Crippen LogP contribution in [0.3, 0.4) is 0 Å². The van der Waals surface area contributed by atoms with Gasteiger partial charge in [-0.3, -0.25) is 4.90 Å². The quantitative estimate of drug-likeness (QED) is 0.778. The first-order chi connectivity index (χ1) is 13.0. The summed E-state index contributed by atoms with van der Waals surface area (Å²) in [6.07, 6.45) is 0. The number of nitrogens with zero attached hydrogens (tertiary/aromatic N) is 2. The molecule has 2 aromatic rings. The van der Waals surface area contributed by atoms with Gasteiger partial charge in [0.05, 0.1) is 11.5 Å². The Kier molecular flexibility index (Phi) is 5.39. The maximum atomic E-state index is 12.7. The molecule has 2 aliphatic rings. The molecular formula is C19H21ClN2O4S. The molecule has 0 aliphatic carbocycles. The van der Waals surface area contributed by atoms with Crippen molar-refractivity contribution >= 4 is 21.6 Å². The maximum Gasteiger partial charge on any atom is 0.243 e. The lowest BCUT2D eigenvalue weighted by atomic mass is 10.1. The number of ether oxygens (including phenoxy) is 2. The Morgan fingerprint density at radius 1 is 1.04 bits per heavy atom. The van der Waals surface area contributed by atoms with E-state index < -0.39 is 10.0 Å². The fourth-order valence-electron chi connectivity index (χ4n) is 3.48. The molecule has 2 aromatic carbocycles. The Bertz CT molecular complexity index is 913. The molecule has 0 saturated carbocycles. The van der Waals surface area contributed by atoms with Crippen molar-refractivity contribution in [3.05, 3.63) is 58.6 Å². The number of sulfonamides is 1. The number of hydrogen-bond donors (Lipinski definition) is 0. The van der Waals surface area contributed by atoms with Gasteiger partial charge >= 0.3 is 0 Å². The Hall–Kier alpha value is -1.64. The van der Waals surface area contributed by atoms with E-state index >= 15 is 0 Å². The van der Waals surface area contributed by atoms with E-state index in [4.69, 9.17) is 21.1 Å². The monoisotopic (exact) mass is 408 g/mol. The van der Waals surface area contributed by atoms with Crippen molar-refractivity contribution in [1.29, 1.82) is 0 Å². The topological polar surface area (TPSA) is 59.1 Å². The zero-order valence-corrected chi connectivity index (χ0v) is 16.4.